The van der Waals surface area contributed by atoms with E-state index in [0.717, 1.165) is 0 Å². The molecule has 264 valence electrons. The van der Waals surface area contributed by atoms with Crippen molar-refractivity contribution < 1.29 is 72.6 Å². The first-order valence-corrected chi connectivity index (χ1v) is 15.3. The molecular formula is C32H46O15. The summed E-state index contributed by atoms with van der Waals surface area (Å²) in [5.74, 6) is 1.05. The van der Waals surface area contributed by atoms with Crippen LogP contribution < -0.4 is 4.74 Å². The van der Waals surface area contributed by atoms with Crippen LogP contribution in [-0.2, 0) is 54.1 Å². The van der Waals surface area contributed by atoms with E-state index >= 15 is 0 Å². The first kappa shape index (κ1) is 38.6. The zero-order chi connectivity index (χ0) is 34.7. The van der Waals surface area contributed by atoms with Crippen molar-refractivity contribution in [3.05, 3.63) is 29.8 Å². The molecule has 2 heterocycles. The second kappa shape index (κ2) is 18.6. The van der Waals surface area contributed by atoms with Crippen molar-refractivity contribution in [2.75, 3.05) is 26.9 Å². The number of hydrogen-bond acceptors (Lipinski definition) is 15. The second-order valence-corrected chi connectivity index (χ2v) is 11.5. The topological polar surface area (TPSA) is 198 Å². The molecule has 2 aliphatic rings. The van der Waals surface area contributed by atoms with Crippen LogP contribution in [-0.4, -0.2) is 133 Å². The standard InChI is InChI=1S/C32H46O15/c1-7-13-41-29(37)28-26(44-17(2)3)22(34)23(35)31(46-28)42-15-8-14-40-25-21(33)24(36)32(45-18(4)5)47-27(25)30(38)43-16-19-9-11-20(39-6)12-10-19/h1,9-12,17-18,21-28,31-36H,8,13-16H2,2-6H3/t21-,22-,23+,24+,25+,26+,27?,28?,31-,32-/m1/s1. The summed E-state index contributed by atoms with van der Waals surface area (Å²) in [7, 11) is 1.53. The van der Waals surface area contributed by atoms with Gasteiger partial charge in [0.15, 0.2) is 31.4 Å². The Kier molecular flexibility index (Phi) is 15.3. The van der Waals surface area contributed by atoms with E-state index in [2.05, 4.69) is 5.92 Å². The molecule has 0 spiro atoms. The van der Waals surface area contributed by atoms with Gasteiger partial charge in [-0.25, -0.2) is 9.59 Å². The molecular weight excluding hydrogens is 624 g/mol. The third kappa shape index (κ3) is 10.8. The maximum atomic E-state index is 13.1. The van der Waals surface area contributed by atoms with Crippen molar-refractivity contribution in [3.8, 4) is 18.1 Å². The SMILES string of the molecule is C#CCOC(=O)C1O[C@@H](OCCCO[C@@H]2C(C(=O)OCc3ccc(OC)cc3)O[C@@H](OC(C)C)[C@@H](O)[C@H]2O)[C@@H](O)[C@@H](O)[C@@H]1OC(C)C. The van der Waals surface area contributed by atoms with Crippen molar-refractivity contribution in [2.45, 2.75) is 114 Å². The number of carbonyl (C=O) groups is 2. The molecule has 0 radical (unpaired) electrons. The molecule has 1 aromatic rings. The second-order valence-electron chi connectivity index (χ2n) is 11.5. The Morgan fingerprint density at radius 1 is 0.787 bits per heavy atom. The monoisotopic (exact) mass is 670 g/mol. The lowest BCUT2D eigenvalue weighted by molar-refractivity contribution is -0.311. The van der Waals surface area contributed by atoms with Gasteiger partial charge in [0.2, 0.25) is 0 Å². The van der Waals surface area contributed by atoms with E-state index in [1.807, 2.05) is 0 Å². The summed E-state index contributed by atoms with van der Waals surface area (Å²) >= 11 is 0. The van der Waals surface area contributed by atoms with Crippen LogP contribution in [0.25, 0.3) is 0 Å². The van der Waals surface area contributed by atoms with Crippen LogP contribution in [0.2, 0.25) is 0 Å². The van der Waals surface area contributed by atoms with Gasteiger partial charge in [0, 0.05) is 6.61 Å². The van der Waals surface area contributed by atoms with Crippen molar-refractivity contribution >= 4 is 11.9 Å². The Bertz CT molecular complexity index is 1150. The van der Waals surface area contributed by atoms with Crippen LogP contribution in [0.15, 0.2) is 24.3 Å². The molecule has 0 aliphatic carbocycles. The van der Waals surface area contributed by atoms with Gasteiger partial charge in [-0.1, -0.05) is 18.1 Å². The smallest absolute Gasteiger partial charge is 0.339 e. The molecule has 15 heteroatoms. The van der Waals surface area contributed by atoms with Gasteiger partial charge in [-0.3, -0.25) is 0 Å². The van der Waals surface area contributed by atoms with Crippen LogP contribution in [0.4, 0.5) is 0 Å². The summed E-state index contributed by atoms with van der Waals surface area (Å²) in [6.45, 7) is 6.10. The predicted molar refractivity (Wildman–Crippen MR) is 160 cm³/mol. The summed E-state index contributed by atoms with van der Waals surface area (Å²) in [6.07, 6.45) is -10.0. The van der Waals surface area contributed by atoms with Gasteiger partial charge in [-0.05, 0) is 51.8 Å². The molecule has 2 unspecified atom stereocenters. The highest BCUT2D eigenvalue weighted by Crippen LogP contribution is 2.28. The van der Waals surface area contributed by atoms with E-state index < -0.39 is 85.6 Å². The van der Waals surface area contributed by atoms with E-state index in [9.17, 15) is 30.0 Å². The van der Waals surface area contributed by atoms with E-state index in [1.54, 1.807) is 52.0 Å². The lowest BCUT2D eigenvalue weighted by Gasteiger charge is -2.42. The number of aliphatic hydroxyl groups excluding tert-OH is 4. The Morgan fingerprint density at radius 2 is 1.34 bits per heavy atom. The fourth-order valence-corrected chi connectivity index (χ4v) is 4.85. The van der Waals surface area contributed by atoms with Gasteiger partial charge in [0.1, 0.15) is 49.0 Å². The van der Waals surface area contributed by atoms with Gasteiger partial charge >= 0.3 is 11.9 Å². The van der Waals surface area contributed by atoms with E-state index in [1.165, 1.54) is 7.11 Å². The Hall–Kier alpha value is -2.88. The Morgan fingerprint density at radius 3 is 1.96 bits per heavy atom. The van der Waals surface area contributed by atoms with Crippen LogP contribution >= 0.6 is 0 Å². The highest BCUT2D eigenvalue weighted by Gasteiger charge is 2.51. The number of esters is 2. The molecule has 2 fully saturated rings. The molecule has 0 aromatic heterocycles. The molecule has 0 saturated carbocycles. The summed E-state index contributed by atoms with van der Waals surface area (Å²) < 4.78 is 49.4. The lowest BCUT2D eigenvalue weighted by atomic mass is 9.98. The van der Waals surface area contributed by atoms with E-state index in [-0.39, 0.29) is 32.8 Å². The maximum absolute atomic E-state index is 13.1. The Labute approximate surface area is 273 Å². The largest absolute Gasteiger partial charge is 0.497 e. The molecule has 1 aromatic carbocycles. The van der Waals surface area contributed by atoms with Gasteiger partial charge in [0.05, 0.1) is 25.9 Å². The van der Waals surface area contributed by atoms with Gasteiger partial charge in [-0.15, -0.1) is 6.42 Å². The molecule has 2 aliphatic heterocycles. The molecule has 0 bridgehead atoms. The van der Waals surface area contributed by atoms with Crippen molar-refractivity contribution in [1.82, 2.24) is 0 Å². The molecule has 2 saturated heterocycles. The molecule has 3 rings (SSSR count). The van der Waals surface area contributed by atoms with E-state index in [0.29, 0.717) is 11.3 Å². The van der Waals surface area contributed by atoms with Crippen molar-refractivity contribution in [2.24, 2.45) is 0 Å². The number of terminal acetylenes is 1. The first-order valence-electron chi connectivity index (χ1n) is 15.3. The highest BCUT2D eigenvalue weighted by molar-refractivity contribution is 5.76. The minimum absolute atomic E-state index is 0.104. The fraction of sp³-hybridized carbons (Fsp3) is 0.688. The number of aliphatic hydroxyl groups is 4. The zero-order valence-corrected chi connectivity index (χ0v) is 27.1. The van der Waals surface area contributed by atoms with Crippen LogP contribution in [0.5, 0.6) is 5.75 Å². The molecule has 15 nitrogen and oxygen atoms in total. The molecule has 10 atom stereocenters. The summed E-state index contributed by atoms with van der Waals surface area (Å²) in [5.41, 5.74) is 0.672. The highest BCUT2D eigenvalue weighted by atomic mass is 16.7. The average molecular weight is 671 g/mol. The van der Waals surface area contributed by atoms with Crippen LogP contribution in [0.1, 0.15) is 39.7 Å². The maximum Gasteiger partial charge on any atom is 0.339 e. The summed E-state index contributed by atoms with van der Waals surface area (Å²) in [6, 6.07) is 6.86. The number of ether oxygens (including phenoxy) is 9. The molecule has 4 N–H and O–H groups in total. The lowest BCUT2D eigenvalue weighted by Crippen LogP contribution is -2.62. The average Bonchev–Trinajstić information content (AvgIpc) is 3.04. The minimum atomic E-state index is -1.58. The number of hydrogen-bond donors (Lipinski definition) is 4. The first-order chi connectivity index (χ1) is 22.4. The van der Waals surface area contributed by atoms with Gasteiger partial charge in [-0.2, -0.15) is 0 Å². The van der Waals surface area contributed by atoms with Gasteiger partial charge < -0.3 is 63.1 Å². The molecule has 47 heavy (non-hydrogen) atoms. The third-order valence-corrected chi connectivity index (χ3v) is 7.11. The number of rotatable bonds is 16. The summed E-state index contributed by atoms with van der Waals surface area (Å²) in [5, 5.41) is 42.9. The van der Waals surface area contributed by atoms with Crippen molar-refractivity contribution in [3.63, 3.8) is 0 Å². The van der Waals surface area contributed by atoms with E-state index in [4.69, 9.17) is 49.1 Å². The normalized spacial score (nSPS) is 30.9. The summed E-state index contributed by atoms with van der Waals surface area (Å²) in [4.78, 5) is 25.7. The fourth-order valence-electron chi connectivity index (χ4n) is 4.85. The number of carbonyl (C=O) groups excluding carboxylic acids is 2. The number of benzene rings is 1. The number of methoxy groups -OCH3 is 1. The third-order valence-electron chi connectivity index (χ3n) is 7.11. The Balaban J connectivity index is 1.60. The minimum Gasteiger partial charge on any atom is -0.497 e. The predicted octanol–water partition coefficient (Wildman–Crippen LogP) is -0.181. The quantitative estimate of drug-likeness (QED) is 0.103. The van der Waals surface area contributed by atoms with Gasteiger partial charge in [0.25, 0.3) is 0 Å². The zero-order valence-electron chi connectivity index (χ0n) is 27.1. The molecule has 0 amide bonds. The van der Waals surface area contributed by atoms with Crippen LogP contribution in [0.3, 0.4) is 0 Å². The van der Waals surface area contributed by atoms with Crippen LogP contribution in [0, 0.1) is 12.3 Å². The van der Waals surface area contributed by atoms with Crippen molar-refractivity contribution in [1.29, 1.82) is 0 Å².